The lowest BCUT2D eigenvalue weighted by Gasteiger charge is -2.14. The van der Waals surface area contributed by atoms with Crippen LogP contribution in [0.4, 0.5) is 10.5 Å². The molecular formula is C25H22N2O3. The van der Waals surface area contributed by atoms with E-state index in [0.717, 1.165) is 0 Å². The Hall–Kier alpha value is -3.86. The number of hydrogen-bond acceptors (Lipinski definition) is 3. The summed E-state index contributed by atoms with van der Waals surface area (Å²) in [5, 5.41) is 5.42. The molecule has 0 heterocycles. The summed E-state index contributed by atoms with van der Waals surface area (Å²) in [6.07, 6.45) is 1.09. The number of anilines is 1. The number of rotatable bonds is 6. The molecule has 30 heavy (non-hydrogen) atoms. The predicted molar refractivity (Wildman–Crippen MR) is 118 cm³/mol. The molecule has 0 atom stereocenters. The van der Waals surface area contributed by atoms with Crippen molar-refractivity contribution in [2.45, 2.75) is 5.92 Å². The van der Waals surface area contributed by atoms with Gasteiger partial charge in [-0.3, -0.25) is 10.1 Å². The van der Waals surface area contributed by atoms with Crippen molar-refractivity contribution >= 4 is 17.7 Å². The number of fused-ring (bicyclic) bond motifs is 3. The Morgan fingerprint density at radius 1 is 0.900 bits per heavy atom. The highest BCUT2D eigenvalue weighted by atomic mass is 16.5. The van der Waals surface area contributed by atoms with Crippen LogP contribution in [-0.2, 0) is 4.74 Å². The lowest BCUT2D eigenvalue weighted by atomic mass is 9.98. The molecule has 2 amide bonds. The average molecular weight is 398 g/mol. The van der Waals surface area contributed by atoms with E-state index in [0.29, 0.717) is 17.8 Å². The van der Waals surface area contributed by atoms with Gasteiger partial charge in [-0.15, -0.1) is 6.58 Å². The second kappa shape index (κ2) is 8.66. The Balaban J connectivity index is 1.39. The third-order valence-corrected chi connectivity index (χ3v) is 5.14. The van der Waals surface area contributed by atoms with Crippen LogP contribution >= 0.6 is 0 Å². The molecule has 0 spiro atoms. The van der Waals surface area contributed by atoms with Crippen molar-refractivity contribution in [2.75, 3.05) is 18.5 Å². The molecule has 0 fully saturated rings. The minimum Gasteiger partial charge on any atom is -0.448 e. The number of amides is 2. The molecule has 5 nitrogen and oxygen atoms in total. The van der Waals surface area contributed by atoms with Crippen molar-refractivity contribution < 1.29 is 14.3 Å². The molecule has 3 aromatic carbocycles. The van der Waals surface area contributed by atoms with Gasteiger partial charge < -0.3 is 10.1 Å². The molecule has 4 rings (SSSR count). The highest BCUT2D eigenvalue weighted by Gasteiger charge is 2.28. The molecule has 150 valence electrons. The first-order valence-corrected chi connectivity index (χ1v) is 9.78. The molecule has 0 aliphatic heterocycles. The number of benzene rings is 3. The Labute approximate surface area is 175 Å². The van der Waals surface area contributed by atoms with Crippen molar-refractivity contribution in [3.8, 4) is 11.1 Å². The maximum absolute atomic E-state index is 12.3. The van der Waals surface area contributed by atoms with Crippen molar-refractivity contribution in [3.63, 3.8) is 0 Å². The molecule has 0 bridgehead atoms. The van der Waals surface area contributed by atoms with Gasteiger partial charge in [0.2, 0.25) is 0 Å². The van der Waals surface area contributed by atoms with Crippen molar-refractivity contribution in [3.05, 3.63) is 102 Å². The molecule has 0 saturated heterocycles. The summed E-state index contributed by atoms with van der Waals surface area (Å²) < 4.78 is 5.53. The molecule has 1 aliphatic rings. The predicted octanol–water partition coefficient (Wildman–Crippen LogP) is 4.96. The highest BCUT2D eigenvalue weighted by molar-refractivity contribution is 5.95. The van der Waals surface area contributed by atoms with Gasteiger partial charge in [0.25, 0.3) is 5.91 Å². The first kappa shape index (κ1) is 19.5. The zero-order chi connectivity index (χ0) is 20.9. The van der Waals surface area contributed by atoms with Crippen LogP contribution in [0.3, 0.4) is 0 Å². The van der Waals surface area contributed by atoms with Gasteiger partial charge in [0.15, 0.2) is 0 Å². The lowest BCUT2D eigenvalue weighted by Crippen LogP contribution is -2.23. The third-order valence-electron chi connectivity index (χ3n) is 5.14. The van der Waals surface area contributed by atoms with Crippen LogP contribution in [0.25, 0.3) is 11.1 Å². The van der Waals surface area contributed by atoms with Gasteiger partial charge in [-0.05, 0) is 46.5 Å². The summed E-state index contributed by atoms with van der Waals surface area (Å²) in [4.78, 5) is 24.2. The second-order valence-corrected chi connectivity index (χ2v) is 7.03. The Bertz CT molecular complexity index is 1040. The summed E-state index contributed by atoms with van der Waals surface area (Å²) in [7, 11) is 0. The van der Waals surface area contributed by atoms with Gasteiger partial charge in [-0.2, -0.15) is 0 Å². The zero-order valence-electron chi connectivity index (χ0n) is 16.4. The van der Waals surface area contributed by atoms with E-state index in [2.05, 4.69) is 41.5 Å². The summed E-state index contributed by atoms with van der Waals surface area (Å²) in [6.45, 7) is 4.22. The fraction of sp³-hybridized carbons (Fsp3) is 0.120. The van der Waals surface area contributed by atoms with E-state index in [1.807, 2.05) is 24.3 Å². The van der Waals surface area contributed by atoms with Gasteiger partial charge in [0.1, 0.15) is 6.61 Å². The fourth-order valence-electron chi connectivity index (χ4n) is 3.72. The van der Waals surface area contributed by atoms with Crippen LogP contribution in [0.5, 0.6) is 0 Å². The fourth-order valence-corrected chi connectivity index (χ4v) is 3.72. The summed E-state index contributed by atoms with van der Waals surface area (Å²) in [6, 6.07) is 23.1. The SMILES string of the molecule is C=CCNC(=O)c1ccc(NC(=O)OCC2c3ccccc3-c3ccccc32)cc1. The minimum absolute atomic E-state index is 0.0130. The molecule has 0 unspecified atom stereocenters. The maximum Gasteiger partial charge on any atom is 0.411 e. The van der Waals surface area contributed by atoms with Crippen LogP contribution in [-0.4, -0.2) is 25.2 Å². The molecule has 0 aromatic heterocycles. The second-order valence-electron chi connectivity index (χ2n) is 7.03. The number of nitrogens with one attached hydrogen (secondary N) is 2. The maximum atomic E-state index is 12.3. The monoisotopic (exact) mass is 398 g/mol. The van der Waals surface area contributed by atoms with E-state index < -0.39 is 6.09 Å². The summed E-state index contributed by atoms with van der Waals surface area (Å²) >= 11 is 0. The van der Waals surface area contributed by atoms with E-state index in [9.17, 15) is 9.59 Å². The van der Waals surface area contributed by atoms with Crippen LogP contribution < -0.4 is 10.6 Å². The highest BCUT2D eigenvalue weighted by Crippen LogP contribution is 2.44. The first-order chi connectivity index (χ1) is 14.7. The Morgan fingerprint density at radius 3 is 2.10 bits per heavy atom. The summed E-state index contributed by atoms with van der Waals surface area (Å²) in [5.41, 5.74) is 5.78. The van der Waals surface area contributed by atoms with E-state index in [1.165, 1.54) is 22.3 Å². The van der Waals surface area contributed by atoms with Crippen LogP contribution in [0.1, 0.15) is 27.4 Å². The average Bonchev–Trinajstić information content (AvgIpc) is 3.10. The quantitative estimate of drug-likeness (QED) is 0.577. The third kappa shape index (κ3) is 3.96. The molecule has 5 heteroatoms. The van der Waals surface area contributed by atoms with E-state index in [4.69, 9.17) is 4.74 Å². The lowest BCUT2D eigenvalue weighted by molar-refractivity contribution is 0.0958. The van der Waals surface area contributed by atoms with Crippen molar-refractivity contribution in [1.29, 1.82) is 0 Å². The molecule has 0 radical (unpaired) electrons. The van der Waals surface area contributed by atoms with E-state index in [-0.39, 0.29) is 18.4 Å². The largest absolute Gasteiger partial charge is 0.448 e. The van der Waals surface area contributed by atoms with Gasteiger partial charge in [0.05, 0.1) is 0 Å². The summed E-state index contributed by atoms with van der Waals surface area (Å²) in [5.74, 6) is -0.179. The molecule has 2 N–H and O–H groups in total. The normalized spacial score (nSPS) is 11.9. The Kier molecular flexibility index (Phi) is 5.61. The molecule has 3 aromatic rings. The zero-order valence-corrected chi connectivity index (χ0v) is 16.4. The van der Waals surface area contributed by atoms with Crippen molar-refractivity contribution in [2.24, 2.45) is 0 Å². The topological polar surface area (TPSA) is 67.4 Å². The van der Waals surface area contributed by atoms with E-state index >= 15 is 0 Å². The molecule has 0 saturated carbocycles. The van der Waals surface area contributed by atoms with Crippen LogP contribution in [0, 0.1) is 0 Å². The standard InChI is InChI=1S/C25H22N2O3/c1-2-15-26-24(28)17-11-13-18(14-12-17)27-25(29)30-16-23-21-9-5-3-7-19(21)20-8-4-6-10-22(20)23/h2-14,23H,1,15-16H2,(H,26,28)(H,27,29). The van der Waals surface area contributed by atoms with Crippen LogP contribution in [0.15, 0.2) is 85.5 Å². The first-order valence-electron chi connectivity index (χ1n) is 9.78. The number of carbonyl (C=O) groups excluding carboxylic acids is 2. The van der Waals surface area contributed by atoms with Gasteiger partial charge in [0, 0.05) is 23.7 Å². The smallest absolute Gasteiger partial charge is 0.411 e. The van der Waals surface area contributed by atoms with E-state index in [1.54, 1.807) is 30.3 Å². The molecular weight excluding hydrogens is 376 g/mol. The van der Waals surface area contributed by atoms with Crippen LogP contribution in [0.2, 0.25) is 0 Å². The van der Waals surface area contributed by atoms with Gasteiger partial charge in [-0.1, -0.05) is 54.6 Å². The molecule has 1 aliphatic carbocycles. The number of hydrogen-bond donors (Lipinski definition) is 2. The van der Waals surface area contributed by atoms with Gasteiger partial charge >= 0.3 is 6.09 Å². The Morgan fingerprint density at radius 2 is 1.50 bits per heavy atom. The number of carbonyl (C=O) groups is 2. The van der Waals surface area contributed by atoms with Gasteiger partial charge in [-0.25, -0.2) is 4.79 Å². The van der Waals surface area contributed by atoms with Crippen molar-refractivity contribution in [1.82, 2.24) is 5.32 Å². The minimum atomic E-state index is -0.527. The number of ether oxygens (including phenoxy) is 1.